The summed E-state index contributed by atoms with van der Waals surface area (Å²) in [4.78, 5) is 0. The number of halogens is 1. The predicted molar refractivity (Wildman–Crippen MR) is 79.7 cm³/mol. The van der Waals surface area contributed by atoms with Gasteiger partial charge in [-0.25, -0.2) is 8.42 Å². The molecule has 1 fully saturated rings. The van der Waals surface area contributed by atoms with Gasteiger partial charge in [0.05, 0.1) is 11.5 Å². The molecule has 6 heteroatoms. The molecular weight excluding hydrogens is 298 g/mol. The molecule has 1 aliphatic rings. The smallest absolute Gasteiger partial charge is 0.199 e. The first-order valence-corrected chi connectivity index (χ1v) is 8.70. The summed E-state index contributed by atoms with van der Waals surface area (Å²) in [6.45, 7) is 2.44. The molecule has 1 atom stereocenters. The minimum absolute atomic E-state index is 0.174. The van der Waals surface area contributed by atoms with Gasteiger partial charge < -0.3 is 9.73 Å². The molecule has 20 heavy (non-hydrogen) atoms. The van der Waals surface area contributed by atoms with Crippen molar-refractivity contribution in [1.82, 2.24) is 5.32 Å². The van der Waals surface area contributed by atoms with Crippen LogP contribution in [-0.2, 0) is 16.4 Å². The van der Waals surface area contributed by atoms with Crippen molar-refractivity contribution in [2.45, 2.75) is 25.4 Å². The summed E-state index contributed by atoms with van der Waals surface area (Å²) in [5, 5.41) is 4.66. The molecule has 108 valence electrons. The summed E-state index contributed by atoms with van der Waals surface area (Å²) in [6.07, 6.45) is 0.628. The third kappa shape index (κ3) is 2.57. The molecule has 1 saturated heterocycles. The number of hydrogen-bond donors (Lipinski definition) is 1. The number of para-hydroxylation sites is 1. The van der Waals surface area contributed by atoms with Gasteiger partial charge in [-0.15, -0.1) is 0 Å². The number of benzene rings is 1. The Bertz CT molecular complexity index is 753. The van der Waals surface area contributed by atoms with Crippen molar-refractivity contribution in [3.63, 3.8) is 0 Å². The monoisotopic (exact) mass is 313 g/mol. The van der Waals surface area contributed by atoms with Crippen molar-refractivity contribution in [2.75, 3.05) is 11.5 Å². The van der Waals surface area contributed by atoms with Crippen LogP contribution in [0.2, 0.25) is 5.22 Å². The first-order chi connectivity index (χ1) is 9.39. The molecule has 0 spiro atoms. The number of sulfone groups is 1. The molecule has 1 N–H and O–H groups in total. The lowest BCUT2D eigenvalue weighted by Gasteiger charge is -2.23. The largest absolute Gasteiger partial charge is 0.444 e. The lowest BCUT2D eigenvalue weighted by atomic mass is 10.0. The first-order valence-electron chi connectivity index (χ1n) is 6.50. The van der Waals surface area contributed by atoms with Crippen LogP contribution < -0.4 is 5.32 Å². The number of nitrogens with one attached hydrogen (secondary N) is 1. The van der Waals surface area contributed by atoms with E-state index in [1.165, 1.54) is 0 Å². The molecule has 2 aromatic rings. The second kappa shape index (κ2) is 4.76. The average Bonchev–Trinajstić information content (AvgIpc) is 2.84. The van der Waals surface area contributed by atoms with Crippen LogP contribution in [-0.4, -0.2) is 25.5 Å². The highest BCUT2D eigenvalue weighted by atomic mass is 35.5. The van der Waals surface area contributed by atoms with Crippen molar-refractivity contribution in [3.05, 3.63) is 35.0 Å². The Balaban J connectivity index is 1.83. The van der Waals surface area contributed by atoms with Crippen molar-refractivity contribution in [2.24, 2.45) is 0 Å². The van der Waals surface area contributed by atoms with Gasteiger partial charge in [-0.05, 0) is 31.0 Å². The van der Waals surface area contributed by atoms with Gasteiger partial charge in [-0.1, -0.05) is 18.2 Å². The van der Waals surface area contributed by atoms with E-state index < -0.39 is 9.84 Å². The van der Waals surface area contributed by atoms with Gasteiger partial charge in [0.1, 0.15) is 5.58 Å². The fraction of sp³-hybridized carbons (Fsp3) is 0.429. The zero-order valence-corrected chi connectivity index (χ0v) is 12.7. The maximum Gasteiger partial charge on any atom is 0.199 e. The Hall–Kier alpha value is -1.04. The van der Waals surface area contributed by atoms with Crippen LogP contribution in [0.4, 0.5) is 0 Å². The van der Waals surface area contributed by atoms with Crippen LogP contribution in [0.3, 0.4) is 0 Å². The highest BCUT2D eigenvalue weighted by Gasteiger charge is 2.38. The van der Waals surface area contributed by atoms with Crippen LogP contribution >= 0.6 is 11.6 Å². The summed E-state index contributed by atoms with van der Waals surface area (Å²) in [6, 6.07) is 7.64. The molecule has 1 aromatic carbocycles. The number of hydrogen-bond acceptors (Lipinski definition) is 4. The first kappa shape index (κ1) is 13.9. The molecule has 0 bridgehead atoms. The fourth-order valence-electron chi connectivity index (χ4n) is 2.69. The van der Waals surface area contributed by atoms with E-state index in [1.54, 1.807) is 0 Å². The average molecular weight is 314 g/mol. The zero-order chi connectivity index (χ0) is 14.4. The molecule has 0 radical (unpaired) electrons. The molecule has 0 amide bonds. The molecule has 1 unspecified atom stereocenters. The second-order valence-corrected chi connectivity index (χ2v) is 8.13. The minimum atomic E-state index is -2.92. The van der Waals surface area contributed by atoms with Gasteiger partial charge >= 0.3 is 0 Å². The van der Waals surface area contributed by atoms with Crippen LogP contribution in [0.5, 0.6) is 0 Å². The Morgan fingerprint density at radius 3 is 2.85 bits per heavy atom. The van der Waals surface area contributed by atoms with E-state index in [0.29, 0.717) is 18.2 Å². The standard InChI is InChI=1S/C14H16ClNO3S/c1-14(6-7-20(17,18)9-14)16-8-11-10-4-2-3-5-12(10)19-13(11)15/h2-5,16H,6-9H2,1H3. The molecule has 0 aliphatic carbocycles. The lowest BCUT2D eigenvalue weighted by molar-refractivity contribution is 0.395. The maximum absolute atomic E-state index is 11.6. The van der Waals surface area contributed by atoms with Crippen LogP contribution in [0.1, 0.15) is 18.9 Å². The number of fused-ring (bicyclic) bond motifs is 1. The molecule has 1 aromatic heterocycles. The predicted octanol–water partition coefficient (Wildman–Crippen LogP) is 2.75. The Kier molecular flexibility index (Phi) is 3.31. The van der Waals surface area contributed by atoms with Crippen LogP contribution in [0, 0.1) is 0 Å². The van der Waals surface area contributed by atoms with E-state index in [-0.39, 0.29) is 17.0 Å². The minimum Gasteiger partial charge on any atom is -0.444 e. The van der Waals surface area contributed by atoms with Crippen molar-refractivity contribution >= 4 is 32.4 Å². The third-order valence-electron chi connectivity index (χ3n) is 3.84. The van der Waals surface area contributed by atoms with E-state index in [0.717, 1.165) is 16.5 Å². The number of rotatable bonds is 3. The van der Waals surface area contributed by atoms with Gasteiger partial charge in [-0.3, -0.25) is 0 Å². The van der Waals surface area contributed by atoms with Crippen molar-refractivity contribution in [3.8, 4) is 0 Å². The summed E-state index contributed by atoms with van der Waals surface area (Å²) in [5.41, 5.74) is 1.24. The normalized spacial score (nSPS) is 25.3. The maximum atomic E-state index is 11.6. The fourth-order valence-corrected chi connectivity index (χ4v) is 5.06. The highest BCUT2D eigenvalue weighted by molar-refractivity contribution is 7.91. The van der Waals surface area contributed by atoms with Gasteiger partial charge in [0, 0.05) is 23.0 Å². The molecule has 4 nitrogen and oxygen atoms in total. The zero-order valence-electron chi connectivity index (χ0n) is 11.1. The van der Waals surface area contributed by atoms with E-state index in [1.807, 2.05) is 31.2 Å². The van der Waals surface area contributed by atoms with Crippen LogP contribution in [0.15, 0.2) is 28.7 Å². The summed E-state index contributed by atoms with van der Waals surface area (Å²) >= 11 is 6.13. The van der Waals surface area contributed by atoms with Crippen molar-refractivity contribution in [1.29, 1.82) is 0 Å². The topological polar surface area (TPSA) is 59.3 Å². The van der Waals surface area contributed by atoms with E-state index in [4.69, 9.17) is 16.0 Å². The quantitative estimate of drug-likeness (QED) is 0.946. The molecule has 1 aliphatic heterocycles. The van der Waals surface area contributed by atoms with E-state index >= 15 is 0 Å². The Labute approximate surface area is 123 Å². The lowest BCUT2D eigenvalue weighted by Crippen LogP contribution is -2.42. The van der Waals surface area contributed by atoms with Gasteiger partial charge in [0.2, 0.25) is 0 Å². The Morgan fingerprint density at radius 2 is 2.15 bits per heavy atom. The van der Waals surface area contributed by atoms with Crippen molar-refractivity contribution < 1.29 is 12.8 Å². The number of furan rings is 1. The molecular formula is C14H16ClNO3S. The summed E-state index contributed by atoms with van der Waals surface area (Å²) < 4.78 is 28.7. The summed E-state index contributed by atoms with van der Waals surface area (Å²) in [7, 11) is -2.92. The van der Waals surface area contributed by atoms with E-state index in [9.17, 15) is 8.42 Å². The summed E-state index contributed by atoms with van der Waals surface area (Å²) in [5.74, 6) is 0.420. The molecule has 0 saturated carbocycles. The van der Waals surface area contributed by atoms with E-state index in [2.05, 4.69) is 5.32 Å². The SMILES string of the molecule is CC1(NCc2c(Cl)oc3ccccc23)CCS(=O)(=O)C1. The van der Waals surface area contributed by atoms with Gasteiger partial charge in [-0.2, -0.15) is 0 Å². The Morgan fingerprint density at radius 1 is 1.40 bits per heavy atom. The van der Waals surface area contributed by atoms with Crippen LogP contribution in [0.25, 0.3) is 11.0 Å². The van der Waals surface area contributed by atoms with Gasteiger partial charge in [0.15, 0.2) is 15.1 Å². The highest BCUT2D eigenvalue weighted by Crippen LogP contribution is 2.31. The second-order valence-electron chi connectivity index (χ2n) is 5.61. The van der Waals surface area contributed by atoms with Gasteiger partial charge in [0.25, 0.3) is 0 Å². The third-order valence-corrected chi connectivity index (χ3v) is 6.05. The molecule has 2 heterocycles. The molecule has 3 rings (SSSR count).